The van der Waals surface area contributed by atoms with Gasteiger partial charge in [-0.05, 0) is 30.4 Å². The molecule has 3 heteroatoms. The van der Waals surface area contributed by atoms with Gasteiger partial charge in [-0.2, -0.15) is 0 Å². The van der Waals surface area contributed by atoms with Crippen LogP contribution in [0.1, 0.15) is 38.3 Å². The van der Waals surface area contributed by atoms with Crippen LogP contribution in [0.15, 0.2) is 24.3 Å². The topological polar surface area (TPSA) is 63.3 Å². The molecule has 3 N–H and O–H groups in total. The monoisotopic (exact) mass is 235 g/mol. The Morgan fingerprint density at radius 1 is 1.35 bits per heavy atom. The zero-order valence-corrected chi connectivity index (χ0v) is 10.7. The van der Waals surface area contributed by atoms with Crippen LogP contribution >= 0.6 is 0 Å². The van der Waals surface area contributed by atoms with E-state index in [1.165, 1.54) is 5.56 Å². The highest BCUT2D eigenvalue weighted by Gasteiger charge is 2.24. The fourth-order valence-corrected chi connectivity index (χ4v) is 1.91. The molecule has 1 rings (SSSR count). The number of carboxylic acid groups (broad SMARTS) is 1. The molecule has 0 amide bonds. The molecule has 94 valence electrons. The second-order valence-electron chi connectivity index (χ2n) is 5.28. The fraction of sp³-hybridized carbons (Fsp3) is 0.500. The van der Waals surface area contributed by atoms with Gasteiger partial charge in [-0.25, -0.2) is 0 Å². The molecule has 0 aliphatic heterocycles. The molecule has 0 aliphatic carbocycles. The second-order valence-corrected chi connectivity index (χ2v) is 5.28. The standard InChI is InChI=1S/C14H21NO2/c1-10(2)8-11-4-6-12(7-5-11)14(3,15)9-13(16)17/h4-7,10H,8-9,15H2,1-3H3,(H,16,17). The number of rotatable bonds is 5. The van der Waals surface area contributed by atoms with Crippen molar-refractivity contribution < 1.29 is 9.90 Å². The van der Waals surface area contributed by atoms with Crippen LogP contribution in [-0.2, 0) is 16.8 Å². The van der Waals surface area contributed by atoms with Gasteiger partial charge in [0.2, 0.25) is 0 Å². The lowest BCUT2D eigenvalue weighted by molar-refractivity contribution is -0.138. The van der Waals surface area contributed by atoms with Gasteiger partial charge in [0, 0.05) is 5.54 Å². The Labute approximate surface area is 103 Å². The second kappa shape index (κ2) is 5.32. The highest BCUT2D eigenvalue weighted by atomic mass is 16.4. The average molecular weight is 235 g/mol. The van der Waals surface area contributed by atoms with Gasteiger partial charge in [0.05, 0.1) is 6.42 Å². The maximum Gasteiger partial charge on any atom is 0.305 e. The summed E-state index contributed by atoms with van der Waals surface area (Å²) < 4.78 is 0. The highest BCUT2D eigenvalue weighted by molar-refractivity contribution is 5.68. The molecule has 1 unspecified atom stereocenters. The molecule has 1 atom stereocenters. The molecule has 1 aromatic carbocycles. The van der Waals surface area contributed by atoms with E-state index in [0.29, 0.717) is 5.92 Å². The minimum atomic E-state index is -0.874. The van der Waals surface area contributed by atoms with Gasteiger partial charge >= 0.3 is 5.97 Å². The Morgan fingerprint density at radius 2 is 1.88 bits per heavy atom. The molecule has 0 aliphatic rings. The Kier molecular flexibility index (Phi) is 4.29. The van der Waals surface area contributed by atoms with Crippen LogP contribution < -0.4 is 5.73 Å². The first-order chi connectivity index (χ1) is 7.81. The molecule has 3 nitrogen and oxygen atoms in total. The average Bonchev–Trinajstić information content (AvgIpc) is 2.15. The predicted octanol–water partition coefficient (Wildman–Crippen LogP) is 2.53. The number of nitrogens with two attached hydrogens (primary N) is 1. The normalized spacial score (nSPS) is 14.6. The summed E-state index contributed by atoms with van der Waals surface area (Å²) in [6.45, 7) is 6.09. The van der Waals surface area contributed by atoms with E-state index in [1.807, 2.05) is 24.3 Å². The Balaban J connectivity index is 2.82. The summed E-state index contributed by atoms with van der Waals surface area (Å²) in [7, 11) is 0. The van der Waals surface area contributed by atoms with Crippen molar-refractivity contribution in [2.45, 2.75) is 39.2 Å². The van der Waals surface area contributed by atoms with Crippen LogP contribution in [0.2, 0.25) is 0 Å². The molecule has 0 saturated heterocycles. The summed E-state index contributed by atoms with van der Waals surface area (Å²) in [6.07, 6.45) is 0.969. The van der Waals surface area contributed by atoms with Crippen LogP contribution in [0, 0.1) is 5.92 Å². The molecule has 0 aromatic heterocycles. The quantitative estimate of drug-likeness (QED) is 0.824. The van der Waals surface area contributed by atoms with Crippen molar-refractivity contribution in [3.63, 3.8) is 0 Å². The van der Waals surface area contributed by atoms with E-state index in [4.69, 9.17) is 10.8 Å². The summed E-state index contributed by atoms with van der Waals surface area (Å²) in [5, 5.41) is 8.80. The van der Waals surface area contributed by atoms with Crippen molar-refractivity contribution in [3.8, 4) is 0 Å². The van der Waals surface area contributed by atoms with Crippen molar-refractivity contribution in [3.05, 3.63) is 35.4 Å². The van der Waals surface area contributed by atoms with Gasteiger partial charge in [-0.3, -0.25) is 4.79 Å². The van der Waals surface area contributed by atoms with Crippen molar-refractivity contribution in [1.29, 1.82) is 0 Å². The first-order valence-corrected chi connectivity index (χ1v) is 5.91. The summed E-state index contributed by atoms with van der Waals surface area (Å²) in [4.78, 5) is 10.7. The summed E-state index contributed by atoms with van der Waals surface area (Å²) >= 11 is 0. The van der Waals surface area contributed by atoms with Crippen LogP contribution in [0.25, 0.3) is 0 Å². The Hall–Kier alpha value is -1.35. The first kappa shape index (κ1) is 13.7. The van der Waals surface area contributed by atoms with Crippen molar-refractivity contribution in [2.24, 2.45) is 11.7 Å². The lowest BCUT2D eigenvalue weighted by atomic mass is 9.88. The number of aliphatic carboxylic acids is 1. The molecule has 1 aromatic rings. The SMILES string of the molecule is CC(C)Cc1ccc(C(C)(N)CC(=O)O)cc1. The molecule has 0 heterocycles. The molecule has 0 spiro atoms. The third-order valence-electron chi connectivity index (χ3n) is 2.78. The largest absolute Gasteiger partial charge is 0.481 e. The number of carboxylic acids is 1. The zero-order valence-electron chi connectivity index (χ0n) is 10.7. The minimum Gasteiger partial charge on any atom is -0.481 e. The van der Waals surface area contributed by atoms with Gasteiger partial charge in [0.25, 0.3) is 0 Å². The molecule has 0 bridgehead atoms. The van der Waals surface area contributed by atoms with Gasteiger partial charge in [0.15, 0.2) is 0 Å². The van der Waals surface area contributed by atoms with Crippen LogP contribution in [0.3, 0.4) is 0 Å². The lowest BCUT2D eigenvalue weighted by Crippen LogP contribution is -2.35. The van der Waals surface area contributed by atoms with E-state index in [9.17, 15) is 4.79 Å². The van der Waals surface area contributed by atoms with E-state index in [0.717, 1.165) is 12.0 Å². The van der Waals surface area contributed by atoms with E-state index < -0.39 is 11.5 Å². The Morgan fingerprint density at radius 3 is 2.29 bits per heavy atom. The van der Waals surface area contributed by atoms with Crippen LogP contribution in [0.5, 0.6) is 0 Å². The van der Waals surface area contributed by atoms with E-state index in [2.05, 4.69) is 13.8 Å². The van der Waals surface area contributed by atoms with E-state index >= 15 is 0 Å². The van der Waals surface area contributed by atoms with Gasteiger partial charge < -0.3 is 10.8 Å². The summed E-state index contributed by atoms with van der Waals surface area (Å²) in [5.74, 6) is -0.259. The molecule has 0 saturated carbocycles. The number of carbonyl (C=O) groups is 1. The fourth-order valence-electron chi connectivity index (χ4n) is 1.91. The molecular formula is C14H21NO2. The molecule has 0 radical (unpaired) electrons. The van der Waals surface area contributed by atoms with Gasteiger partial charge in [-0.15, -0.1) is 0 Å². The van der Waals surface area contributed by atoms with Crippen molar-refractivity contribution in [2.75, 3.05) is 0 Å². The third kappa shape index (κ3) is 4.19. The van der Waals surface area contributed by atoms with E-state index in [1.54, 1.807) is 6.92 Å². The van der Waals surface area contributed by atoms with Crippen molar-refractivity contribution >= 4 is 5.97 Å². The highest BCUT2D eigenvalue weighted by Crippen LogP contribution is 2.22. The van der Waals surface area contributed by atoms with Crippen LogP contribution in [-0.4, -0.2) is 11.1 Å². The smallest absolute Gasteiger partial charge is 0.305 e. The van der Waals surface area contributed by atoms with Crippen molar-refractivity contribution in [1.82, 2.24) is 0 Å². The maximum atomic E-state index is 10.7. The third-order valence-corrected chi connectivity index (χ3v) is 2.78. The maximum absolute atomic E-state index is 10.7. The molecule has 0 fully saturated rings. The molecular weight excluding hydrogens is 214 g/mol. The minimum absolute atomic E-state index is 0.0590. The molecule has 17 heavy (non-hydrogen) atoms. The lowest BCUT2D eigenvalue weighted by Gasteiger charge is -2.23. The predicted molar refractivity (Wildman–Crippen MR) is 68.8 cm³/mol. The Bertz CT molecular complexity index is 380. The van der Waals surface area contributed by atoms with E-state index in [-0.39, 0.29) is 6.42 Å². The number of hydrogen-bond donors (Lipinski definition) is 2. The first-order valence-electron chi connectivity index (χ1n) is 5.91. The summed E-state index contributed by atoms with van der Waals surface area (Å²) in [6, 6.07) is 7.92. The summed E-state index contributed by atoms with van der Waals surface area (Å²) in [5.41, 5.74) is 7.33. The van der Waals surface area contributed by atoms with Crippen LogP contribution in [0.4, 0.5) is 0 Å². The number of benzene rings is 1. The van der Waals surface area contributed by atoms with Gasteiger partial charge in [-0.1, -0.05) is 38.1 Å². The number of hydrogen-bond acceptors (Lipinski definition) is 2. The van der Waals surface area contributed by atoms with Gasteiger partial charge in [0.1, 0.15) is 0 Å². The zero-order chi connectivity index (χ0) is 13.1.